The maximum absolute atomic E-state index is 6.85. The Bertz CT molecular complexity index is 69.7. The molecule has 0 radical (unpaired) electrons. The van der Waals surface area contributed by atoms with E-state index in [4.69, 9.17) is 11.1 Å². The van der Waals surface area contributed by atoms with Crippen LogP contribution in [0.25, 0.3) is 0 Å². The summed E-state index contributed by atoms with van der Waals surface area (Å²) < 4.78 is 0. The van der Waals surface area contributed by atoms with E-state index in [-0.39, 0.29) is 0 Å². The monoisotopic (exact) mass is 144 g/mol. The molecule has 0 aliphatic heterocycles. The normalized spacial score (nSPS) is 7.90. The fraction of sp³-hybridized carbons (Fsp3) is 0.875. The molecule has 0 saturated carbocycles. The van der Waals surface area contributed by atoms with Crippen LogP contribution in [-0.4, -0.2) is 5.84 Å². The van der Waals surface area contributed by atoms with Gasteiger partial charge < -0.3 is 5.73 Å². The van der Waals surface area contributed by atoms with Gasteiger partial charge in [0, 0.05) is 6.42 Å². The van der Waals surface area contributed by atoms with E-state index in [9.17, 15) is 0 Å². The molecule has 3 N–H and O–H groups in total. The van der Waals surface area contributed by atoms with Crippen LogP contribution in [0.15, 0.2) is 0 Å². The van der Waals surface area contributed by atoms with Gasteiger partial charge in [0.1, 0.15) is 0 Å². The van der Waals surface area contributed by atoms with E-state index >= 15 is 0 Å². The third-order valence-electron chi connectivity index (χ3n) is 1.05. The highest BCUT2D eigenvalue weighted by Gasteiger charge is 1.86. The van der Waals surface area contributed by atoms with E-state index in [2.05, 4.69) is 6.92 Å². The highest BCUT2D eigenvalue weighted by molar-refractivity contribution is 5.76. The summed E-state index contributed by atoms with van der Waals surface area (Å²) >= 11 is 0. The van der Waals surface area contributed by atoms with Crippen molar-refractivity contribution < 1.29 is 0 Å². The number of hydrogen-bond acceptors (Lipinski definition) is 1. The van der Waals surface area contributed by atoms with Crippen LogP contribution in [0.2, 0.25) is 0 Å². The molecule has 0 aliphatic rings. The van der Waals surface area contributed by atoms with Crippen molar-refractivity contribution in [3.63, 3.8) is 0 Å². The van der Waals surface area contributed by atoms with Crippen molar-refractivity contribution in [1.29, 1.82) is 5.41 Å². The molecule has 0 heterocycles. The van der Waals surface area contributed by atoms with Crippen molar-refractivity contribution in [3.05, 3.63) is 0 Å². The second-order valence-electron chi connectivity index (χ2n) is 1.98. The number of rotatable bonds is 4. The Labute approximate surface area is 64.3 Å². The van der Waals surface area contributed by atoms with Gasteiger partial charge in [-0.25, -0.2) is 0 Å². The van der Waals surface area contributed by atoms with Crippen LogP contribution in [0.1, 0.15) is 46.5 Å². The zero-order valence-electron chi connectivity index (χ0n) is 7.41. The van der Waals surface area contributed by atoms with E-state index in [1.54, 1.807) is 0 Å². The van der Waals surface area contributed by atoms with Crippen LogP contribution >= 0.6 is 0 Å². The molecule has 0 atom stereocenters. The van der Waals surface area contributed by atoms with Crippen LogP contribution in [0.5, 0.6) is 0 Å². The van der Waals surface area contributed by atoms with Gasteiger partial charge in [-0.15, -0.1) is 0 Å². The number of unbranched alkanes of at least 4 members (excludes halogenated alkanes) is 2. The molecule has 0 unspecified atom stereocenters. The first-order valence-corrected chi connectivity index (χ1v) is 4.10. The number of amidine groups is 1. The summed E-state index contributed by atoms with van der Waals surface area (Å²) in [7, 11) is 0. The molecular formula is C8H20N2. The van der Waals surface area contributed by atoms with Gasteiger partial charge in [0.05, 0.1) is 5.84 Å². The molecule has 62 valence electrons. The number of hydrogen-bond donors (Lipinski definition) is 2. The molecule has 0 aliphatic carbocycles. The zero-order valence-corrected chi connectivity index (χ0v) is 7.41. The van der Waals surface area contributed by atoms with Gasteiger partial charge in [0.2, 0.25) is 0 Å². The van der Waals surface area contributed by atoms with Gasteiger partial charge in [-0.3, -0.25) is 5.41 Å². The molecule has 0 spiro atoms. The molecule has 0 aromatic heterocycles. The van der Waals surface area contributed by atoms with E-state index in [0.717, 1.165) is 12.8 Å². The quantitative estimate of drug-likeness (QED) is 0.355. The lowest BCUT2D eigenvalue weighted by Crippen LogP contribution is -2.08. The van der Waals surface area contributed by atoms with Crippen LogP contribution in [-0.2, 0) is 0 Å². The predicted octanol–water partition coefficient (Wildman–Crippen LogP) is 2.53. The number of nitrogens with one attached hydrogen (secondary N) is 1. The van der Waals surface area contributed by atoms with Crippen molar-refractivity contribution in [2.75, 3.05) is 0 Å². The third kappa shape index (κ3) is 15.6. The largest absolute Gasteiger partial charge is 0.388 e. The Balaban J connectivity index is 0. The minimum absolute atomic E-state index is 0.318. The molecule has 0 aromatic rings. The number of nitrogens with two attached hydrogens (primary N) is 1. The fourth-order valence-corrected chi connectivity index (χ4v) is 0.565. The van der Waals surface area contributed by atoms with Gasteiger partial charge in [0.25, 0.3) is 0 Å². The lowest BCUT2D eigenvalue weighted by molar-refractivity contribution is 0.738. The van der Waals surface area contributed by atoms with E-state index in [1.807, 2.05) is 13.8 Å². The first kappa shape index (κ1) is 12.2. The average Bonchev–Trinajstić information content (AvgIpc) is 1.92. The maximum Gasteiger partial charge on any atom is 0.0905 e. The molecule has 0 amide bonds. The van der Waals surface area contributed by atoms with Gasteiger partial charge in [-0.2, -0.15) is 0 Å². The average molecular weight is 144 g/mol. The minimum atomic E-state index is 0.318. The summed E-state index contributed by atoms with van der Waals surface area (Å²) in [4.78, 5) is 0. The maximum atomic E-state index is 6.85. The molecule has 0 aromatic carbocycles. The highest BCUT2D eigenvalue weighted by atomic mass is 14.7. The van der Waals surface area contributed by atoms with Gasteiger partial charge in [0.15, 0.2) is 0 Å². The summed E-state index contributed by atoms with van der Waals surface area (Å²) in [6.45, 7) is 6.14. The van der Waals surface area contributed by atoms with Crippen molar-refractivity contribution in [2.45, 2.75) is 46.5 Å². The Hall–Kier alpha value is -0.530. The van der Waals surface area contributed by atoms with Crippen molar-refractivity contribution in [3.8, 4) is 0 Å². The lowest BCUT2D eigenvalue weighted by Gasteiger charge is -1.93. The fourth-order valence-electron chi connectivity index (χ4n) is 0.565. The van der Waals surface area contributed by atoms with E-state index < -0.39 is 0 Å². The van der Waals surface area contributed by atoms with Crippen LogP contribution < -0.4 is 5.73 Å². The van der Waals surface area contributed by atoms with Crippen molar-refractivity contribution in [1.82, 2.24) is 0 Å². The third-order valence-corrected chi connectivity index (χ3v) is 1.05. The van der Waals surface area contributed by atoms with Crippen molar-refractivity contribution >= 4 is 5.84 Å². The summed E-state index contributed by atoms with van der Waals surface area (Å²) in [6, 6.07) is 0. The van der Waals surface area contributed by atoms with Gasteiger partial charge in [-0.1, -0.05) is 33.6 Å². The SMILES string of the molecule is CC.CCCCCC(=N)N. The molecule has 0 fully saturated rings. The van der Waals surface area contributed by atoms with Gasteiger partial charge in [-0.05, 0) is 6.42 Å². The lowest BCUT2D eigenvalue weighted by atomic mass is 10.2. The highest BCUT2D eigenvalue weighted by Crippen LogP contribution is 1.96. The summed E-state index contributed by atoms with van der Waals surface area (Å²) in [6.07, 6.45) is 4.24. The molecule has 0 rings (SSSR count). The molecular weight excluding hydrogens is 124 g/mol. The van der Waals surface area contributed by atoms with Crippen LogP contribution in [0, 0.1) is 5.41 Å². The zero-order chi connectivity index (χ0) is 8.41. The van der Waals surface area contributed by atoms with Crippen LogP contribution in [0.3, 0.4) is 0 Å². The standard InChI is InChI=1S/C6H14N2.C2H6/c1-2-3-4-5-6(7)8;1-2/h2-5H2,1H3,(H3,7,8);1-2H3. The van der Waals surface area contributed by atoms with Crippen molar-refractivity contribution in [2.24, 2.45) is 5.73 Å². The summed E-state index contributed by atoms with van der Waals surface area (Å²) in [5, 5.41) is 6.85. The Kier molecular flexibility index (Phi) is 13.7. The molecule has 2 heteroatoms. The minimum Gasteiger partial charge on any atom is -0.388 e. The molecule has 0 saturated heterocycles. The molecule has 10 heavy (non-hydrogen) atoms. The smallest absolute Gasteiger partial charge is 0.0905 e. The Morgan fingerprint density at radius 3 is 2.10 bits per heavy atom. The molecule has 2 nitrogen and oxygen atoms in total. The first-order valence-electron chi connectivity index (χ1n) is 4.10. The van der Waals surface area contributed by atoms with Gasteiger partial charge >= 0.3 is 0 Å². The van der Waals surface area contributed by atoms with Crippen LogP contribution in [0.4, 0.5) is 0 Å². The topological polar surface area (TPSA) is 49.9 Å². The second-order valence-corrected chi connectivity index (χ2v) is 1.98. The second kappa shape index (κ2) is 11.3. The Morgan fingerprint density at radius 2 is 1.80 bits per heavy atom. The Morgan fingerprint density at radius 1 is 1.30 bits per heavy atom. The summed E-state index contributed by atoms with van der Waals surface area (Å²) in [5.41, 5.74) is 5.12. The summed E-state index contributed by atoms with van der Waals surface area (Å²) in [5.74, 6) is 0.318. The van der Waals surface area contributed by atoms with E-state index in [0.29, 0.717) is 5.84 Å². The molecule has 0 bridgehead atoms. The first-order chi connectivity index (χ1) is 4.77. The predicted molar refractivity (Wildman–Crippen MR) is 47.4 cm³/mol. The van der Waals surface area contributed by atoms with E-state index in [1.165, 1.54) is 12.8 Å².